The van der Waals surface area contributed by atoms with Gasteiger partial charge < -0.3 is 9.73 Å². The Labute approximate surface area is 173 Å². The van der Waals surface area contributed by atoms with Gasteiger partial charge in [0.15, 0.2) is 0 Å². The number of aryl methyl sites for hydroxylation is 1. The summed E-state index contributed by atoms with van der Waals surface area (Å²) in [5.41, 5.74) is 0.368. The van der Waals surface area contributed by atoms with Crippen LogP contribution in [0.25, 0.3) is 0 Å². The molecule has 1 aromatic heterocycles. The van der Waals surface area contributed by atoms with Gasteiger partial charge in [-0.25, -0.2) is 8.42 Å². The van der Waals surface area contributed by atoms with Crippen LogP contribution in [0.5, 0.6) is 0 Å². The summed E-state index contributed by atoms with van der Waals surface area (Å²) in [6.45, 7) is 3.43. The predicted molar refractivity (Wildman–Crippen MR) is 112 cm³/mol. The number of non-ortho nitro benzene ring substituents is 1. The standard InChI is InChI=1S/C18H23N3O6S2/c1-13-6-7-15(21(23)24)11-17(13)20(29(3,25)26)14(2)18(22)19-8-10-28-12-16-5-4-9-27-16/h4-7,9,11,14H,8,10,12H2,1-3H3,(H,19,22)/t14-/m0/s1. The van der Waals surface area contributed by atoms with E-state index < -0.39 is 26.9 Å². The molecule has 0 radical (unpaired) electrons. The maximum atomic E-state index is 12.5. The Morgan fingerprint density at radius 3 is 2.69 bits per heavy atom. The van der Waals surface area contributed by atoms with Crippen molar-refractivity contribution in [3.05, 3.63) is 58.0 Å². The highest BCUT2D eigenvalue weighted by atomic mass is 32.2. The van der Waals surface area contributed by atoms with Crippen LogP contribution >= 0.6 is 11.8 Å². The highest BCUT2D eigenvalue weighted by molar-refractivity contribution is 7.98. The monoisotopic (exact) mass is 441 g/mol. The highest BCUT2D eigenvalue weighted by Gasteiger charge is 2.31. The Morgan fingerprint density at radius 1 is 1.38 bits per heavy atom. The molecule has 1 atom stereocenters. The van der Waals surface area contributed by atoms with Crippen LogP contribution in [0.15, 0.2) is 41.0 Å². The number of nitro benzene ring substituents is 1. The van der Waals surface area contributed by atoms with Crippen LogP contribution in [0.2, 0.25) is 0 Å². The van der Waals surface area contributed by atoms with Gasteiger partial charge in [0, 0.05) is 24.4 Å². The number of nitrogens with zero attached hydrogens (tertiary/aromatic N) is 2. The molecule has 29 heavy (non-hydrogen) atoms. The zero-order valence-electron chi connectivity index (χ0n) is 16.3. The molecule has 2 aromatic rings. The molecule has 0 spiro atoms. The van der Waals surface area contributed by atoms with Crippen molar-refractivity contribution >= 4 is 39.1 Å². The van der Waals surface area contributed by atoms with E-state index in [1.165, 1.54) is 25.1 Å². The first-order chi connectivity index (χ1) is 13.6. The van der Waals surface area contributed by atoms with Gasteiger partial charge in [-0.05, 0) is 31.5 Å². The molecule has 0 aliphatic carbocycles. The van der Waals surface area contributed by atoms with Crippen LogP contribution in [-0.2, 0) is 20.6 Å². The molecule has 0 aliphatic rings. The van der Waals surface area contributed by atoms with E-state index in [1.54, 1.807) is 31.0 Å². The van der Waals surface area contributed by atoms with Crippen molar-refractivity contribution in [3.63, 3.8) is 0 Å². The van der Waals surface area contributed by atoms with Crippen molar-refractivity contribution in [2.75, 3.05) is 22.9 Å². The van der Waals surface area contributed by atoms with Crippen molar-refractivity contribution in [3.8, 4) is 0 Å². The second kappa shape index (κ2) is 9.79. The molecule has 9 nitrogen and oxygen atoms in total. The van der Waals surface area contributed by atoms with Gasteiger partial charge in [0.2, 0.25) is 15.9 Å². The lowest BCUT2D eigenvalue weighted by atomic mass is 10.1. The fourth-order valence-electron chi connectivity index (χ4n) is 2.69. The van der Waals surface area contributed by atoms with E-state index in [9.17, 15) is 23.3 Å². The molecule has 0 saturated heterocycles. The Bertz CT molecular complexity index is 960. The summed E-state index contributed by atoms with van der Waals surface area (Å²) in [5, 5.41) is 13.8. The van der Waals surface area contributed by atoms with Crippen molar-refractivity contribution < 1.29 is 22.6 Å². The van der Waals surface area contributed by atoms with Crippen LogP contribution in [0, 0.1) is 17.0 Å². The van der Waals surface area contributed by atoms with E-state index in [2.05, 4.69) is 5.32 Å². The summed E-state index contributed by atoms with van der Waals surface area (Å²) in [5.74, 6) is 1.63. The van der Waals surface area contributed by atoms with Crippen molar-refractivity contribution in [2.45, 2.75) is 25.6 Å². The zero-order valence-corrected chi connectivity index (χ0v) is 18.0. The summed E-state index contributed by atoms with van der Waals surface area (Å²) in [4.78, 5) is 23.0. The second-order valence-electron chi connectivity index (χ2n) is 6.39. The van der Waals surface area contributed by atoms with E-state index in [4.69, 9.17) is 4.42 Å². The van der Waals surface area contributed by atoms with Gasteiger partial charge >= 0.3 is 0 Å². The molecule has 0 saturated carbocycles. The Hall–Kier alpha value is -2.53. The molecule has 2 rings (SSSR count). The lowest BCUT2D eigenvalue weighted by Crippen LogP contribution is -2.48. The molecule has 0 bridgehead atoms. The van der Waals surface area contributed by atoms with Gasteiger partial charge in [0.1, 0.15) is 11.8 Å². The van der Waals surface area contributed by atoms with Crippen LogP contribution in [-0.4, -0.2) is 43.8 Å². The normalized spacial score (nSPS) is 12.4. The molecule has 0 unspecified atom stereocenters. The Kier molecular flexibility index (Phi) is 7.68. The minimum absolute atomic E-state index is 0.108. The van der Waals surface area contributed by atoms with Crippen molar-refractivity contribution in [1.29, 1.82) is 0 Å². The van der Waals surface area contributed by atoms with Crippen LogP contribution < -0.4 is 9.62 Å². The van der Waals surface area contributed by atoms with E-state index in [0.717, 1.165) is 16.3 Å². The number of thioether (sulfide) groups is 1. The van der Waals surface area contributed by atoms with Crippen LogP contribution in [0.4, 0.5) is 11.4 Å². The highest BCUT2D eigenvalue weighted by Crippen LogP contribution is 2.29. The number of rotatable bonds is 10. The van der Waals surface area contributed by atoms with Gasteiger partial charge in [-0.15, -0.1) is 0 Å². The van der Waals surface area contributed by atoms with Crippen LogP contribution in [0.3, 0.4) is 0 Å². The molecule has 0 aliphatic heterocycles. The quantitative estimate of drug-likeness (QED) is 0.342. The summed E-state index contributed by atoms with van der Waals surface area (Å²) in [6.07, 6.45) is 2.56. The molecule has 11 heteroatoms. The summed E-state index contributed by atoms with van der Waals surface area (Å²) in [6, 6.07) is 6.51. The molecule has 1 N–H and O–H groups in total. The first kappa shape index (κ1) is 22.8. The number of sulfonamides is 1. The zero-order chi connectivity index (χ0) is 21.6. The van der Waals surface area contributed by atoms with Gasteiger partial charge in [-0.3, -0.25) is 19.2 Å². The van der Waals surface area contributed by atoms with Gasteiger partial charge in [0.25, 0.3) is 5.69 Å². The third kappa shape index (κ3) is 6.23. The number of hydrogen-bond acceptors (Lipinski definition) is 7. The summed E-state index contributed by atoms with van der Waals surface area (Å²) < 4.78 is 30.9. The molecule has 1 aromatic carbocycles. The lowest BCUT2D eigenvalue weighted by molar-refractivity contribution is -0.384. The van der Waals surface area contributed by atoms with E-state index in [1.807, 2.05) is 6.07 Å². The number of anilines is 1. The predicted octanol–water partition coefficient (Wildman–Crippen LogP) is 2.70. The van der Waals surface area contributed by atoms with Gasteiger partial charge in [-0.1, -0.05) is 6.07 Å². The SMILES string of the molecule is Cc1ccc([N+](=O)[O-])cc1N([C@@H](C)C(=O)NCCSCc1ccco1)S(C)(=O)=O. The number of nitro groups is 1. The van der Waals surface area contributed by atoms with Crippen LogP contribution in [0.1, 0.15) is 18.2 Å². The number of nitrogens with one attached hydrogen (secondary N) is 1. The largest absolute Gasteiger partial charge is 0.468 e. The average Bonchev–Trinajstić information content (AvgIpc) is 3.15. The lowest BCUT2D eigenvalue weighted by Gasteiger charge is -2.29. The molecular formula is C18H23N3O6S2. The number of benzene rings is 1. The molecule has 158 valence electrons. The van der Waals surface area contributed by atoms with E-state index >= 15 is 0 Å². The fourth-order valence-corrected chi connectivity index (χ4v) is 4.67. The Balaban J connectivity index is 2.07. The maximum absolute atomic E-state index is 12.5. The number of hydrogen-bond donors (Lipinski definition) is 1. The molecule has 0 fully saturated rings. The molecule has 1 heterocycles. The number of furan rings is 1. The second-order valence-corrected chi connectivity index (χ2v) is 9.35. The molecular weight excluding hydrogens is 418 g/mol. The summed E-state index contributed by atoms with van der Waals surface area (Å²) in [7, 11) is -3.86. The van der Waals surface area contributed by atoms with Crippen molar-refractivity contribution in [2.24, 2.45) is 0 Å². The number of carbonyl (C=O) groups excluding carboxylic acids is 1. The number of amides is 1. The van der Waals surface area contributed by atoms with E-state index in [-0.39, 0.29) is 11.4 Å². The minimum atomic E-state index is -3.86. The first-order valence-corrected chi connectivity index (χ1v) is 11.7. The topological polar surface area (TPSA) is 123 Å². The fraction of sp³-hybridized carbons (Fsp3) is 0.389. The average molecular weight is 442 g/mol. The van der Waals surface area contributed by atoms with E-state index in [0.29, 0.717) is 23.6 Å². The smallest absolute Gasteiger partial charge is 0.271 e. The Morgan fingerprint density at radius 2 is 2.10 bits per heavy atom. The maximum Gasteiger partial charge on any atom is 0.271 e. The van der Waals surface area contributed by atoms with Gasteiger partial charge in [0.05, 0.1) is 28.9 Å². The third-order valence-corrected chi connectivity index (χ3v) is 6.31. The van der Waals surface area contributed by atoms with Crippen molar-refractivity contribution in [1.82, 2.24) is 5.32 Å². The first-order valence-electron chi connectivity index (χ1n) is 8.73. The number of carbonyl (C=O) groups is 1. The van der Waals surface area contributed by atoms with Gasteiger partial charge in [-0.2, -0.15) is 11.8 Å². The third-order valence-electron chi connectivity index (χ3n) is 4.10. The minimum Gasteiger partial charge on any atom is -0.468 e. The summed E-state index contributed by atoms with van der Waals surface area (Å²) >= 11 is 1.57. The molecule has 1 amide bonds.